The minimum absolute atomic E-state index is 0.0199. The van der Waals surface area contributed by atoms with Crippen molar-refractivity contribution < 1.29 is 4.79 Å². The van der Waals surface area contributed by atoms with Crippen molar-refractivity contribution >= 4 is 22.5 Å². The third-order valence-corrected chi connectivity index (χ3v) is 4.64. The number of benzene rings is 2. The fourth-order valence-corrected chi connectivity index (χ4v) is 3.73. The number of para-hydroxylation sites is 2. The standard InChI is InChI=1S/C20H18N2O/c1-13(2)11-20(15-8-4-6-10-18(15)22-19(20)23)16-12-21-17-9-5-3-7-14(16)17/h3-10,12,21H,1,11H2,2H3,(H,22,23)/t20-/m1/s1. The highest BCUT2D eigenvalue weighted by Gasteiger charge is 2.49. The smallest absolute Gasteiger partial charge is 0.240 e. The molecule has 0 saturated carbocycles. The van der Waals surface area contributed by atoms with Crippen molar-refractivity contribution in [2.24, 2.45) is 0 Å². The van der Waals surface area contributed by atoms with E-state index in [-0.39, 0.29) is 5.91 Å². The second-order valence-corrected chi connectivity index (χ2v) is 6.29. The highest BCUT2D eigenvalue weighted by Crippen LogP contribution is 2.48. The molecule has 0 aliphatic carbocycles. The SMILES string of the molecule is C=C(C)C[C@@]1(c2c[nH]c3ccccc23)C(=O)Nc2ccccc21. The van der Waals surface area contributed by atoms with Gasteiger partial charge in [-0.1, -0.05) is 42.0 Å². The third kappa shape index (κ3) is 1.86. The molecular formula is C20H18N2O. The number of fused-ring (bicyclic) bond motifs is 2. The molecule has 1 amide bonds. The first kappa shape index (κ1) is 13.8. The molecule has 23 heavy (non-hydrogen) atoms. The van der Waals surface area contributed by atoms with Crippen LogP contribution in [0, 0.1) is 0 Å². The van der Waals surface area contributed by atoms with Crippen LogP contribution >= 0.6 is 0 Å². The molecule has 114 valence electrons. The Morgan fingerprint density at radius 1 is 1.09 bits per heavy atom. The lowest BCUT2D eigenvalue weighted by Gasteiger charge is -2.28. The van der Waals surface area contributed by atoms with Gasteiger partial charge >= 0.3 is 0 Å². The lowest BCUT2D eigenvalue weighted by Crippen LogP contribution is -2.35. The molecule has 3 aromatic rings. The van der Waals surface area contributed by atoms with Crippen LogP contribution in [-0.2, 0) is 10.2 Å². The summed E-state index contributed by atoms with van der Waals surface area (Å²) in [7, 11) is 0. The number of H-pyrrole nitrogens is 1. The molecule has 0 bridgehead atoms. The van der Waals surface area contributed by atoms with E-state index in [9.17, 15) is 4.79 Å². The van der Waals surface area contributed by atoms with Crippen molar-refractivity contribution in [3.63, 3.8) is 0 Å². The number of aromatic amines is 1. The van der Waals surface area contributed by atoms with Crippen LogP contribution in [0.1, 0.15) is 24.5 Å². The maximum atomic E-state index is 13.1. The number of hydrogen-bond acceptors (Lipinski definition) is 1. The minimum Gasteiger partial charge on any atom is -0.361 e. The van der Waals surface area contributed by atoms with Crippen molar-refractivity contribution in [3.8, 4) is 0 Å². The molecule has 1 aliphatic heterocycles. The number of nitrogens with one attached hydrogen (secondary N) is 2. The van der Waals surface area contributed by atoms with Gasteiger partial charge in [0.25, 0.3) is 0 Å². The molecule has 0 unspecified atom stereocenters. The first-order chi connectivity index (χ1) is 11.1. The second kappa shape index (κ2) is 4.85. The number of hydrogen-bond donors (Lipinski definition) is 2. The fourth-order valence-electron chi connectivity index (χ4n) is 3.73. The minimum atomic E-state index is -0.720. The van der Waals surface area contributed by atoms with E-state index in [0.29, 0.717) is 6.42 Å². The monoisotopic (exact) mass is 302 g/mol. The predicted octanol–water partition coefficient (Wildman–Crippen LogP) is 4.37. The van der Waals surface area contributed by atoms with Gasteiger partial charge in [0.05, 0.1) is 0 Å². The van der Waals surface area contributed by atoms with E-state index in [1.807, 2.05) is 55.6 Å². The van der Waals surface area contributed by atoms with Gasteiger partial charge in [-0.05, 0) is 36.6 Å². The van der Waals surface area contributed by atoms with Gasteiger partial charge in [-0.25, -0.2) is 0 Å². The summed E-state index contributed by atoms with van der Waals surface area (Å²) in [5.74, 6) is 0.0199. The van der Waals surface area contributed by atoms with Crippen LogP contribution in [-0.4, -0.2) is 10.9 Å². The Morgan fingerprint density at radius 2 is 1.83 bits per heavy atom. The third-order valence-electron chi connectivity index (χ3n) is 4.64. The molecule has 4 rings (SSSR count). The van der Waals surface area contributed by atoms with Gasteiger partial charge in [0.1, 0.15) is 5.41 Å². The number of amides is 1. The molecule has 0 radical (unpaired) electrons. The summed E-state index contributed by atoms with van der Waals surface area (Å²) >= 11 is 0. The zero-order valence-corrected chi connectivity index (χ0v) is 13.0. The number of carbonyl (C=O) groups excluding carboxylic acids is 1. The van der Waals surface area contributed by atoms with Crippen LogP contribution in [0.5, 0.6) is 0 Å². The lowest BCUT2D eigenvalue weighted by molar-refractivity contribution is -0.119. The van der Waals surface area contributed by atoms with E-state index in [0.717, 1.165) is 33.3 Å². The predicted molar refractivity (Wildman–Crippen MR) is 93.6 cm³/mol. The number of rotatable bonds is 3. The first-order valence-corrected chi connectivity index (χ1v) is 7.75. The summed E-state index contributed by atoms with van der Waals surface area (Å²) < 4.78 is 0. The van der Waals surface area contributed by atoms with Crippen molar-refractivity contribution in [3.05, 3.63) is 78.0 Å². The molecule has 2 N–H and O–H groups in total. The zero-order valence-electron chi connectivity index (χ0n) is 13.0. The molecule has 2 heterocycles. The lowest BCUT2D eigenvalue weighted by atomic mass is 9.71. The second-order valence-electron chi connectivity index (χ2n) is 6.29. The molecule has 1 aromatic heterocycles. The van der Waals surface area contributed by atoms with Gasteiger partial charge in [0.2, 0.25) is 5.91 Å². The van der Waals surface area contributed by atoms with Crippen molar-refractivity contribution in [1.82, 2.24) is 4.98 Å². The van der Waals surface area contributed by atoms with E-state index in [2.05, 4.69) is 22.9 Å². The van der Waals surface area contributed by atoms with Crippen LogP contribution in [0.15, 0.2) is 66.9 Å². The number of anilines is 1. The van der Waals surface area contributed by atoms with Crippen LogP contribution in [0.2, 0.25) is 0 Å². The highest BCUT2D eigenvalue weighted by molar-refractivity contribution is 6.11. The molecular weight excluding hydrogens is 284 g/mol. The van der Waals surface area contributed by atoms with Gasteiger partial charge < -0.3 is 10.3 Å². The summed E-state index contributed by atoms with van der Waals surface area (Å²) in [5.41, 5.74) is 4.24. The molecule has 3 nitrogen and oxygen atoms in total. The van der Waals surface area contributed by atoms with E-state index >= 15 is 0 Å². The summed E-state index contributed by atoms with van der Waals surface area (Å²) in [4.78, 5) is 16.4. The summed E-state index contributed by atoms with van der Waals surface area (Å²) in [6, 6.07) is 16.0. The fraction of sp³-hybridized carbons (Fsp3) is 0.150. The Hall–Kier alpha value is -2.81. The van der Waals surface area contributed by atoms with Crippen molar-refractivity contribution in [2.45, 2.75) is 18.8 Å². The van der Waals surface area contributed by atoms with E-state index in [1.165, 1.54) is 0 Å². The average molecular weight is 302 g/mol. The Labute approximate surface area is 135 Å². The zero-order chi connectivity index (χ0) is 16.0. The molecule has 3 heteroatoms. The van der Waals surface area contributed by atoms with Crippen LogP contribution in [0.4, 0.5) is 5.69 Å². The molecule has 0 spiro atoms. The average Bonchev–Trinajstić information content (AvgIpc) is 3.07. The van der Waals surface area contributed by atoms with Crippen LogP contribution in [0.25, 0.3) is 10.9 Å². The van der Waals surface area contributed by atoms with Gasteiger partial charge in [0, 0.05) is 22.8 Å². The van der Waals surface area contributed by atoms with Gasteiger partial charge in [-0.2, -0.15) is 0 Å². The van der Waals surface area contributed by atoms with E-state index < -0.39 is 5.41 Å². The normalized spacial score (nSPS) is 19.6. The number of carbonyl (C=O) groups is 1. The topological polar surface area (TPSA) is 44.9 Å². The Bertz CT molecular complexity index is 937. The molecule has 0 saturated heterocycles. The quantitative estimate of drug-likeness (QED) is 0.693. The Balaban J connectivity index is 2.06. The Morgan fingerprint density at radius 3 is 2.65 bits per heavy atom. The van der Waals surface area contributed by atoms with Crippen LogP contribution < -0.4 is 5.32 Å². The Kier molecular flexibility index (Phi) is 2.91. The largest absolute Gasteiger partial charge is 0.361 e. The van der Waals surface area contributed by atoms with E-state index in [1.54, 1.807) is 0 Å². The van der Waals surface area contributed by atoms with Crippen molar-refractivity contribution in [1.29, 1.82) is 0 Å². The maximum absolute atomic E-state index is 13.1. The van der Waals surface area contributed by atoms with Crippen molar-refractivity contribution in [2.75, 3.05) is 5.32 Å². The highest BCUT2D eigenvalue weighted by atomic mass is 16.2. The molecule has 1 aliphatic rings. The summed E-state index contributed by atoms with van der Waals surface area (Å²) in [5, 5.41) is 4.14. The number of allylic oxidation sites excluding steroid dienone is 1. The maximum Gasteiger partial charge on any atom is 0.240 e. The summed E-state index contributed by atoms with van der Waals surface area (Å²) in [6.45, 7) is 6.05. The van der Waals surface area contributed by atoms with Gasteiger partial charge in [0.15, 0.2) is 0 Å². The molecule has 2 aromatic carbocycles. The van der Waals surface area contributed by atoms with Gasteiger partial charge in [-0.15, -0.1) is 6.58 Å². The summed E-state index contributed by atoms with van der Waals surface area (Å²) in [6.07, 6.45) is 2.56. The molecule has 1 atom stereocenters. The first-order valence-electron chi connectivity index (χ1n) is 7.75. The van der Waals surface area contributed by atoms with Crippen LogP contribution in [0.3, 0.4) is 0 Å². The molecule has 0 fully saturated rings. The van der Waals surface area contributed by atoms with E-state index in [4.69, 9.17) is 0 Å². The number of aromatic nitrogens is 1. The van der Waals surface area contributed by atoms with Gasteiger partial charge in [-0.3, -0.25) is 4.79 Å².